The van der Waals surface area contributed by atoms with E-state index in [9.17, 15) is 4.79 Å². The minimum absolute atomic E-state index is 0.000126. The smallest absolute Gasteiger partial charge is 0.251 e. The van der Waals surface area contributed by atoms with Crippen molar-refractivity contribution in [2.24, 2.45) is 5.10 Å². The van der Waals surface area contributed by atoms with Gasteiger partial charge in [0.15, 0.2) is 0 Å². The largest absolute Gasteiger partial charge is 0.468 e. The third-order valence-corrected chi connectivity index (χ3v) is 4.36. The first-order valence-electron chi connectivity index (χ1n) is 8.44. The predicted octanol–water partition coefficient (Wildman–Crippen LogP) is 2.90. The molecule has 132 valence electrons. The van der Waals surface area contributed by atoms with Crippen molar-refractivity contribution in [2.75, 3.05) is 32.2 Å². The Balaban J connectivity index is 1.61. The van der Waals surface area contributed by atoms with Gasteiger partial charge in [-0.25, -0.2) is 0 Å². The molecule has 0 radical (unpaired) electrons. The lowest BCUT2D eigenvalue weighted by molar-refractivity contribution is 0.0939. The summed E-state index contributed by atoms with van der Waals surface area (Å²) in [5.74, 6) is 0.744. The van der Waals surface area contributed by atoms with Crippen molar-refractivity contribution in [1.82, 2.24) is 10.2 Å². The van der Waals surface area contributed by atoms with Gasteiger partial charge in [0, 0.05) is 30.8 Å². The zero-order valence-electron chi connectivity index (χ0n) is 14.9. The Bertz CT molecular complexity index is 735. The van der Waals surface area contributed by atoms with Gasteiger partial charge in [-0.3, -0.25) is 14.7 Å². The number of hydrazone groups is 1. The van der Waals surface area contributed by atoms with Crippen LogP contribution in [-0.4, -0.2) is 43.7 Å². The molecule has 1 aliphatic rings. The zero-order chi connectivity index (χ0) is 17.8. The molecule has 6 heteroatoms. The molecular formula is C19H24N4O2. The number of carbonyl (C=O) groups excluding carboxylic acids is 1. The molecule has 1 N–H and O–H groups in total. The Morgan fingerprint density at radius 2 is 2.08 bits per heavy atom. The first kappa shape index (κ1) is 17.2. The number of likely N-dealkylation sites (N-methyl/N-ethyl adjacent to an activating group) is 1. The van der Waals surface area contributed by atoms with Crippen LogP contribution in [0.1, 0.15) is 35.5 Å². The number of carbonyl (C=O) groups is 1. The topological polar surface area (TPSA) is 61.1 Å². The van der Waals surface area contributed by atoms with Crippen molar-refractivity contribution in [1.29, 1.82) is 0 Å². The second-order valence-corrected chi connectivity index (χ2v) is 6.46. The van der Waals surface area contributed by atoms with Gasteiger partial charge in [0.05, 0.1) is 18.0 Å². The standard InChI is InChI=1S/C19H24N4O2/c1-14-10-11-23(21-14)16-8-6-15(7-9-16)19(24)20-13-17(22(2)3)18-5-4-12-25-18/h4-9,12,17H,10-11,13H2,1-3H3,(H,20,24)/t17-/m0/s1. The highest BCUT2D eigenvalue weighted by Gasteiger charge is 2.18. The van der Waals surface area contributed by atoms with Crippen molar-refractivity contribution in [3.63, 3.8) is 0 Å². The minimum Gasteiger partial charge on any atom is -0.468 e. The summed E-state index contributed by atoms with van der Waals surface area (Å²) in [5, 5.41) is 9.43. The maximum absolute atomic E-state index is 12.4. The zero-order valence-corrected chi connectivity index (χ0v) is 14.9. The third kappa shape index (κ3) is 4.09. The molecule has 1 aromatic heterocycles. The van der Waals surface area contributed by atoms with Crippen LogP contribution in [0.5, 0.6) is 0 Å². The Hall–Kier alpha value is -2.60. The van der Waals surface area contributed by atoms with E-state index in [1.54, 1.807) is 6.26 Å². The molecule has 1 atom stereocenters. The summed E-state index contributed by atoms with van der Waals surface area (Å²) in [5.41, 5.74) is 2.78. The van der Waals surface area contributed by atoms with E-state index in [1.165, 1.54) is 0 Å². The molecule has 0 bridgehead atoms. The molecule has 0 fully saturated rings. The van der Waals surface area contributed by atoms with E-state index in [0.717, 1.165) is 30.1 Å². The highest BCUT2D eigenvalue weighted by Crippen LogP contribution is 2.20. The van der Waals surface area contributed by atoms with Gasteiger partial charge < -0.3 is 9.73 Å². The average Bonchev–Trinajstić information content (AvgIpc) is 3.27. The molecule has 0 unspecified atom stereocenters. The number of anilines is 1. The molecule has 1 aliphatic heterocycles. The molecule has 25 heavy (non-hydrogen) atoms. The molecule has 2 aromatic rings. The van der Waals surface area contributed by atoms with Crippen LogP contribution in [0.3, 0.4) is 0 Å². The quantitative estimate of drug-likeness (QED) is 0.878. The van der Waals surface area contributed by atoms with Crippen molar-refractivity contribution >= 4 is 17.3 Å². The van der Waals surface area contributed by atoms with Crippen molar-refractivity contribution in [2.45, 2.75) is 19.4 Å². The van der Waals surface area contributed by atoms with Gasteiger partial charge in [-0.15, -0.1) is 0 Å². The van der Waals surface area contributed by atoms with Gasteiger partial charge >= 0.3 is 0 Å². The molecule has 1 aromatic carbocycles. The number of benzene rings is 1. The fourth-order valence-electron chi connectivity index (χ4n) is 2.86. The van der Waals surface area contributed by atoms with E-state index in [4.69, 9.17) is 4.42 Å². The predicted molar refractivity (Wildman–Crippen MR) is 99.0 cm³/mol. The normalized spacial score (nSPS) is 15.4. The molecule has 0 saturated carbocycles. The maximum Gasteiger partial charge on any atom is 0.251 e. The van der Waals surface area contributed by atoms with E-state index < -0.39 is 0 Å². The lowest BCUT2D eigenvalue weighted by Crippen LogP contribution is -2.34. The lowest BCUT2D eigenvalue weighted by Gasteiger charge is -2.22. The minimum atomic E-state index is -0.0916. The van der Waals surface area contributed by atoms with E-state index in [2.05, 4.69) is 10.4 Å². The fourth-order valence-corrected chi connectivity index (χ4v) is 2.86. The van der Waals surface area contributed by atoms with E-state index in [0.29, 0.717) is 12.1 Å². The van der Waals surface area contributed by atoms with E-state index in [1.807, 2.05) is 67.3 Å². The highest BCUT2D eigenvalue weighted by molar-refractivity contribution is 5.94. The molecule has 2 heterocycles. The number of furan rings is 1. The second kappa shape index (κ2) is 7.53. The SMILES string of the molecule is CC1=NN(c2ccc(C(=O)NC[C@@H](c3ccco3)N(C)C)cc2)CC1. The molecule has 3 rings (SSSR count). The summed E-state index contributed by atoms with van der Waals surface area (Å²) in [4.78, 5) is 14.4. The van der Waals surface area contributed by atoms with Crippen LogP contribution >= 0.6 is 0 Å². The van der Waals surface area contributed by atoms with Crippen LogP contribution in [0.2, 0.25) is 0 Å². The Kier molecular flexibility index (Phi) is 5.19. The maximum atomic E-state index is 12.4. The number of hydrogen-bond donors (Lipinski definition) is 1. The van der Waals surface area contributed by atoms with Gasteiger partial charge in [0.25, 0.3) is 5.91 Å². The number of nitrogens with zero attached hydrogens (tertiary/aromatic N) is 3. The second-order valence-electron chi connectivity index (χ2n) is 6.46. The summed E-state index contributed by atoms with van der Waals surface area (Å²) in [6.07, 6.45) is 2.63. The van der Waals surface area contributed by atoms with Crippen LogP contribution in [0.15, 0.2) is 52.2 Å². The Labute approximate surface area is 148 Å². The Morgan fingerprint density at radius 1 is 1.32 bits per heavy atom. The molecule has 6 nitrogen and oxygen atoms in total. The number of nitrogens with one attached hydrogen (secondary N) is 1. The van der Waals surface area contributed by atoms with Crippen LogP contribution in [0.25, 0.3) is 0 Å². The summed E-state index contributed by atoms with van der Waals surface area (Å²) in [6.45, 7) is 3.41. The Morgan fingerprint density at radius 3 is 2.64 bits per heavy atom. The monoisotopic (exact) mass is 340 g/mol. The number of amides is 1. The first-order chi connectivity index (χ1) is 12.0. The van der Waals surface area contributed by atoms with Crippen LogP contribution < -0.4 is 10.3 Å². The van der Waals surface area contributed by atoms with Crippen molar-refractivity contribution in [3.05, 3.63) is 54.0 Å². The van der Waals surface area contributed by atoms with Gasteiger partial charge in [-0.05, 0) is 57.4 Å². The molecule has 0 spiro atoms. The van der Waals surface area contributed by atoms with E-state index >= 15 is 0 Å². The fraction of sp³-hybridized carbons (Fsp3) is 0.368. The van der Waals surface area contributed by atoms with Gasteiger partial charge in [0.1, 0.15) is 5.76 Å². The molecule has 1 amide bonds. The van der Waals surface area contributed by atoms with Crippen LogP contribution in [-0.2, 0) is 0 Å². The molecule has 0 aliphatic carbocycles. The van der Waals surface area contributed by atoms with Gasteiger partial charge in [0.2, 0.25) is 0 Å². The van der Waals surface area contributed by atoms with Gasteiger partial charge in [-0.2, -0.15) is 5.10 Å². The summed E-state index contributed by atoms with van der Waals surface area (Å²) in [7, 11) is 3.93. The summed E-state index contributed by atoms with van der Waals surface area (Å²) < 4.78 is 5.47. The first-order valence-corrected chi connectivity index (χ1v) is 8.44. The summed E-state index contributed by atoms with van der Waals surface area (Å²) in [6, 6.07) is 11.3. The van der Waals surface area contributed by atoms with Crippen LogP contribution in [0.4, 0.5) is 5.69 Å². The van der Waals surface area contributed by atoms with Crippen molar-refractivity contribution in [3.8, 4) is 0 Å². The van der Waals surface area contributed by atoms with Gasteiger partial charge in [-0.1, -0.05) is 0 Å². The van der Waals surface area contributed by atoms with Crippen LogP contribution in [0, 0.1) is 0 Å². The lowest BCUT2D eigenvalue weighted by atomic mass is 10.1. The highest BCUT2D eigenvalue weighted by atomic mass is 16.3. The third-order valence-electron chi connectivity index (χ3n) is 4.36. The number of rotatable bonds is 6. The number of hydrogen-bond acceptors (Lipinski definition) is 5. The summed E-state index contributed by atoms with van der Waals surface area (Å²) >= 11 is 0. The average molecular weight is 340 g/mol. The van der Waals surface area contributed by atoms with Crippen molar-refractivity contribution < 1.29 is 9.21 Å². The van der Waals surface area contributed by atoms with E-state index in [-0.39, 0.29) is 11.9 Å². The molecular weight excluding hydrogens is 316 g/mol. The molecule has 0 saturated heterocycles.